The molecule has 56 heavy (non-hydrogen) atoms. The molecule has 0 aliphatic rings. The third-order valence-corrected chi connectivity index (χ3v) is 8.29. The van der Waals surface area contributed by atoms with Crippen molar-refractivity contribution < 1.29 is 48.3 Å². The summed E-state index contributed by atoms with van der Waals surface area (Å²) in [6.45, 7) is 2.73. The van der Waals surface area contributed by atoms with E-state index in [0.717, 1.165) is 38.9 Å². The van der Waals surface area contributed by atoms with Crippen LogP contribution >= 0.6 is 0 Å². The van der Waals surface area contributed by atoms with Gasteiger partial charge in [0.25, 0.3) is 11.1 Å². The number of aromatic nitrogens is 6. The Morgan fingerprint density at radius 3 is 2.14 bits per heavy atom. The van der Waals surface area contributed by atoms with Crippen molar-refractivity contribution in [1.82, 2.24) is 40.0 Å². The maximum Gasteiger partial charge on any atom is 0.305 e. The van der Waals surface area contributed by atoms with Gasteiger partial charge in [-0.15, -0.1) is 0 Å². The zero-order valence-electron chi connectivity index (χ0n) is 30.5. The molecule has 0 aliphatic carbocycles. The van der Waals surface area contributed by atoms with Gasteiger partial charge < -0.3 is 30.2 Å². The second-order valence-electron chi connectivity index (χ2n) is 12.4. The molecule has 0 spiro atoms. The summed E-state index contributed by atoms with van der Waals surface area (Å²) < 4.78 is 12.1. The fourth-order valence-electron chi connectivity index (χ4n) is 5.39. The Hall–Kier alpha value is -6.90. The highest BCUT2D eigenvalue weighted by Gasteiger charge is 2.30. The first-order chi connectivity index (χ1) is 26.7. The molecule has 3 aromatic heterocycles. The molecule has 21 nitrogen and oxygen atoms in total. The summed E-state index contributed by atoms with van der Waals surface area (Å²) in [5.74, 6) is -6.62. The lowest BCUT2D eigenvalue weighted by Gasteiger charge is -2.24. The molecular formula is C35H39N9O12. The van der Waals surface area contributed by atoms with E-state index >= 15 is 0 Å². The Kier molecular flexibility index (Phi) is 14.5. The maximum atomic E-state index is 14.1. The van der Waals surface area contributed by atoms with Crippen LogP contribution in [-0.2, 0) is 53.2 Å². The molecule has 1 aromatic carbocycles. The van der Waals surface area contributed by atoms with Gasteiger partial charge in [-0.2, -0.15) is 0 Å². The van der Waals surface area contributed by atoms with Crippen LogP contribution in [0.1, 0.15) is 56.1 Å². The van der Waals surface area contributed by atoms with Crippen molar-refractivity contribution in [3.63, 3.8) is 0 Å². The van der Waals surface area contributed by atoms with E-state index < -0.39 is 102 Å². The van der Waals surface area contributed by atoms with E-state index in [1.54, 1.807) is 44.2 Å². The van der Waals surface area contributed by atoms with Crippen molar-refractivity contribution in [1.29, 1.82) is 0 Å². The molecule has 296 valence electrons. The first-order valence-corrected chi connectivity index (χ1v) is 17.1. The third kappa shape index (κ3) is 11.1. The fraction of sp³-hybridized carbons (Fsp3) is 0.371. The molecule has 0 radical (unpaired) electrons. The Balaban J connectivity index is 1.63. The number of ether oxygens (including phenoxy) is 1. The van der Waals surface area contributed by atoms with Gasteiger partial charge in [-0.1, -0.05) is 47.6 Å². The lowest BCUT2D eigenvalue weighted by Crippen LogP contribution is -2.46. The van der Waals surface area contributed by atoms with Crippen molar-refractivity contribution in [2.75, 3.05) is 11.5 Å². The smallest absolute Gasteiger partial charge is 0.305 e. The number of Topliss-reactive ketones (excluding diaryl/α,β-unsaturated/α-hetero) is 2. The largest absolute Gasteiger partial charge is 0.481 e. The number of amides is 2. The van der Waals surface area contributed by atoms with Crippen molar-refractivity contribution in [3.8, 4) is 0 Å². The van der Waals surface area contributed by atoms with E-state index in [1.807, 2.05) is 0 Å². The second kappa shape index (κ2) is 19.4. The quantitative estimate of drug-likeness (QED) is 0.0871. The number of rotatable bonds is 21. The van der Waals surface area contributed by atoms with Crippen LogP contribution in [0.2, 0.25) is 0 Å². The van der Waals surface area contributed by atoms with Crippen molar-refractivity contribution in [2.45, 2.75) is 77.9 Å². The molecule has 3 atom stereocenters. The number of aliphatic carboxylic acids is 2. The van der Waals surface area contributed by atoms with Gasteiger partial charge in [0.2, 0.25) is 23.5 Å². The van der Waals surface area contributed by atoms with Gasteiger partial charge in [-0.3, -0.25) is 47.8 Å². The van der Waals surface area contributed by atoms with E-state index in [1.165, 1.54) is 12.4 Å². The first-order valence-electron chi connectivity index (χ1n) is 17.1. The fourth-order valence-corrected chi connectivity index (χ4v) is 5.39. The van der Waals surface area contributed by atoms with Gasteiger partial charge in [-0.05, 0) is 25.8 Å². The molecule has 4 rings (SSSR count). The summed E-state index contributed by atoms with van der Waals surface area (Å²) >= 11 is 0. The monoisotopic (exact) mass is 777 g/mol. The first kappa shape index (κ1) is 41.9. The highest BCUT2D eigenvalue weighted by Crippen LogP contribution is 2.20. The molecule has 4 aromatic rings. The third-order valence-electron chi connectivity index (χ3n) is 8.29. The van der Waals surface area contributed by atoms with Crippen LogP contribution in [0.3, 0.4) is 0 Å². The lowest BCUT2D eigenvalue weighted by molar-refractivity contribution is -0.141. The lowest BCUT2D eigenvalue weighted by atomic mass is 10.1. The average molecular weight is 778 g/mol. The summed E-state index contributed by atoms with van der Waals surface area (Å²) in [7, 11) is 0. The predicted octanol–water partition coefficient (Wildman–Crippen LogP) is 0.0747. The highest BCUT2D eigenvalue weighted by molar-refractivity contribution is 5.93. The summed E-state index contributed by atoms with van der Waals surface area (Å²) in [6.07, 6.45) is 3.24. The van der Waals surface area contributed by atoms with E-state index in [-0.39, 0.29) is 31.0 Å². The minimum atomic E-state index is -1.49. The molecule has 0 saturated heterocycles. The van der Waals surface area contributed by atoms with E-state index in [4.69, 9.17) is 9.37 Å². The number of carboxylic acids is 2. The summed E-state index contributed by atoms with van der Waals surface area (Å²) in [5.41, 5.74) is -0.623. The average Bonchev–Trinajstić information content (AvgIpc) is 3.55. The topological polar surface area (TPSA) is 288 Å². The molecule has 0 fully saturated rings. The van der Waals surface area contributed by atoms with Crippen LogP contribution in [0.5, 0.6) is 0 Å². The number of aryl methyl sites for hydroxylation is 1. The van der Waals surface area contributed by atoms with E-state index in [9.17, 15) is 48.6 Å². The number of carbonyl (C=O) groups is 6. The number of carbonyl (C=O) groups excluding carboxylic acids is 4. The number of carboxylic acid groups (broad SMARTS) is 2. The maximum absolute atomic E-state index is 14.1. The van der Waals surface area contributed by atoms with Gasteiger partial charge in [0.15, 0.2) is 11.6 Å². The molecule has 0 aliphatic heterocycles. The normalized spacial score (nSPS) is 12.6. The number of nitrogens with zero attached hydrogens (tertiary/aromatic N) is 7. The number of ketones is 2. The Morgan fingerprint density at radius 2 is 1.54 bits per heavy atom. The molecule has 0 saturated carbocycles. The summed E-state index contributed by atoms with van der Waals surface area (Å²) in [6, 6.07) is 4.80. The molecule has 2 amide bonds. The summed E-state index contributed by atoms with van der Waals surface area (Å²) in [5, 5.41) is 30.9. The van der Waals surface area contributed by atoms with Gasteiger partial charge in [-0.25, -0.2) is 14.6 Å². The van der Waals surface area contributed by atoms with Gasteiger partial charge in [0, 0.05) is 24.8 Å². The Bertz CT molecular complexity index is 2180. The Morgan fingerprint density at radius 1 is 0.893 bits per heavy atom. The number of hydrogen-bond donors (Lipinski definition) is 4. The van der Waals surface area contributed by atoms with Crippen molar-refractivity contribution >= 4 is 47.0 Å². The molecular weight excluding hydrogens is 738 g/mol. The zero-order valence-corrected chi connectivity index (χ0v) is 30.5. The number of hydrogen-bond acceptors (Lipinski definition) is 15. The van der Waals surface area contributed by atoms with Crippen LogP contribution in [0.15, 0.2) is 69.3 Å². The SMILES string of the molecule is CCC(C(=O)NC(CC(=O)O)C(C)=O)n1ccnc(N(Cc2nonc2C)c2nccn(CC(=O)NC(CC(=O)O)C(=O)COCc3ccccc3)c2=O)c1=O. The zero-order chi connectivity index (χ0) is 40.9. The standard InChI is InChI=1S/C35H39N9O12/c1-4-26(33(52)39-23(21(3)45)14-29(48)49)43-13-11-37-32(35(43)54)44(16-25-20(2)40-56-41-25)31-34(53)42(12-10-36-31)17-28(47)38-24(15-30(50)51)27(46)19-55-18-22-8-6-5-7-9-22/h5-13,23-24,26H,4,14-19H2,1-3H3,(H,38,47)(H,39,52)(H,48,49)(H,50,51). The van der Waals surface area contributed by atoms with Crippen LogP contribution < -0.4 is 26.7 Å². The Labute approximate surface area is 317 Å². The number of nitrogens with one attached hydrogen (secondary N) is 2. The number of anilines is 2. The van der Waals surface area contributed by atoms with Crippen LogP contribution in [0, 0.1) is 6.92 Å². The molecule has 21 heteroatoms. The second-order valence-corrected chi connectivity index (χ2v) is 12.4. The molecule has 4 N–H and O–H groups in total. The molecule has 3 unspecified atom stereocenters. The molecule has 3 heterocycles. The minimum absolute atomic E-state index is 0.00916. The summed E-state index contributed by atoms with van der Waals surface area (Å²) in [4.78, 5) is 112. The van der Waals surface area contributed by atoms with E-state index in [2.05, 4.69) is 30.9 Å². The van der Waals surface area contributed by atoms with Crippen LogP contribution in [0.4, 0.5) is 11.6 Å². The predicted molar refractivity (Wildman–Crippen MR) is 191 cm³/mol. The number of benzene rings is 1. The van der Waals surface area contributed by atoms with Crippen molar-refractivity contribution in [3.05, 3.63) is 92.8 Å². The molecule has 0 bridgehead atoms. The van der Waals surface area contributed by atoms with Crippen molar-refractivity contribution in [2.24, 2.45) is 0 Å². The van der Waals surface area contributed by atoms with Gasteiger partial charge >= 0.3 is 11.9 Å². The van der Waals surface area contributed by atoms with Crippen LogP contribution in [-0.4, -0.2) is 93.6 Å². The van der Waals surface area contributed by atoms with Gasteiger partial charge in [0.1, 0.15) is 36.6 Å². The van der Waals surface area contributed by atoms with Crippen LogP contribution in [0.25, 0.3) is 0 Å². The van der Waals surface area contributed by atoms with E-state index in [0.29, 0.717) is 0 Å². The van der Waals surface area contributed by atoms with Gasteiger partial charge in [0.05, 0.1) is 32.0 Å². The minimum Gasteiger partial charge on any atom is -0.481 e. The highest BCUT2D eigenvalue weighted by atomic mass is 16.6.